The Bertz CT molecular complexity index is 158. The molecule has 16 heavy (non-hydrogen) atoms. The maximum Gasteiger partial charge on any atom is 0.108 e. The van der Waals surface area contributed by atoms with Crippen LogP contribution in [0.25, 0.3) is 0 Å². The van der Waals surface area contributed by atoms with E-state index >= 15 is 0 Å². The SMILES string of the molecule is C1CCC(NCCCN2CCOCC2)OC1. The molecule has 2 aliphatic heterocycles. The van der Waals surface area contributed by atoms with Crippen LogP contribution in [0.3, 0.4) is 0 Å². The number of morpholine rings is 1. The van der Waals surface area contributed by atoms with Gasteiger partial charge in [-0.2, -0.15) is 0 Å². The number of rotatable bonds is 5. The zero-order chi connectivity index (χ0) is 11.1. The lowest BCUT2D eigenvalue weighted by molar-refractivity contribution is -0.00633. The molecule has 0 saturated carbocycles. The first-order valence-electron chi connectivity index (χ1n) is 6.60. The van der Waals surface area contributed by atoms with Crippen molar-refractivity contribution in [2.75, 3.05) is 46.0 Å². The third-order valence-corrected chi connectivity index (χ3v) is 3.31. The summed E-state index contributed by atoms with van der Waals surface area (Å²) in [5, 5.41) is 3.48. The molecule has 2 aliphatic rings. The van der Waals surface area contributed by atoms with E-state index in [1.54, 1.807) is 0 Å². The Morgan fingerprint density at radius 2 is 2.00 bits per heavy atom. The zero-order valence-electron chi connectivity index (χ0n) is 10.1. The van der Waals surface area contributed by atoms with Crippen molar-refractivity contribution in [1.82, 2.24) is 10.2 Å². The molecule has 2 saturated heterocycles. The van der Waals surface area contributed by atoms with Gasteiger partial charge in [0.2, 0.25) is 0 Å². The Labute approximate surface area is 98.3 Å². The largest absolute Gasteiger partial charge is 0.379 e. The first-order chi connectivity index (χ1) is 7.95. The fourth-order valence-electron chi connectivity index (χ4n) is 2.29. The molecule has 4 heteroatoms. The molecule has 2 fully saturated rings. The predicted molar refractivity (Wildman–Crippen MR) is 63.5 cm³/mol. The number of ether oxygens (including phenoxy) is 2. The van der Waals surface area contributed by atoms with E-state index in [-0.39, 0.29) is 0 Å². The van der Waals surface area contributed by atoms with Crippen molar-refractivity contribution in [1.29, 1.82) is 0 Å². The van der Waals surface area contributed by atoms with Crippen LogP contribution in [-0.4, -0.2) is 57.1 Å². The minimum Gasteiger partial charge on any atom is -0.379 e. The van der Waals surface area contributed by atoms with Crippen LogP contribution in [0.5, 0.6) is 0 Å². The summed E-state index contributed by atoms with van der Waals surface area (Å²) in [6.45, 7) is 7.18. The number of nitrogens with one attached hydrogen (secondary N) is 1. The molecule has 0 aliphatic carbocycles. The van der Waals surface area contributed by atoms with Gasteiger partial charge in [-0.25, -0.2) is 0 Å². The number of hydrogen-bond acceptors (Lipinski definition) is 4. The number of nitrogens with zero attached hydrogens (tertiary/aromatic N) is 1. The van der Waals surface area contributed by atoms with E-state index in [1.807, 2.05) is 0 Å². The fraction of sp³-hybridized carbons (Fsp3) is 1.00. The molecule has 0 radical (unpaired) electrons. The van der Waals surface area contributed by atoms with Gasteiger partial charge in [-0.15, -0.1) is 0 Å². The van der Waals surface area contributed by atoms with E-state index in [0.717, 1.165) is 39.5 Å². The van der Waals surface area contributed by atoms with E-state index in [1.165, 1.54) is 32.2 Å². The first kappa shape index (κ1) is 12.3. The number of hydrogen-bond donors (Lipinski definition) is 1. The van der Waals surface area contributed by atoms with Gasteiger partial charge in [0.05, 0.1) is 13.2 Å². The van der Waals surface area contributed by atoms with Gasteiger partial charge in [0.1, 0.15) is 6.23 Å². The molecule has 1 unspecified atom stereocenters. The van der Waals surface area contributed by atoms with Crippen LogP contribution in [0.4, 0.5) is 0 Å². The van der Waals surface area contributed by atoms with E-state index < -0.39 is 0 Å². The molecular weight excluding hydrogens is 204 g/mol. The fourth-order valence-corrected chi connectivity index (χ4v) is 2.29. The molecule has 0 aromatic heterocycles. The second-order valence-corrected chi connectivity index (χ2v) is 4.62. The zero-order valence-corrected chi connectivity index (χ0v) is 10.1. The summed E-state index contributed by atoms with van der Waals surface area (Å²) in [5.74, 6) is 0. The lowest BCUT2D eigenvalue weighted by Crippen LogP contribution is -2.39. The summed E-state index contributed by atoms with van der Waals surface area (Å²) in [4.78, 5) is 2.48. The molecule has 2 rings (SSSR count). The van der Waals surface area contributed by atoms with Crippen molar-refractivity contribution in [2.24, 2.45) is 0 Å². The molecule has 1 atom stereocenters. The van der Waals surface area contributed by atoms with Crippen molar-refractivity contribution in [3.63, 3.8) is 0 Å². The Morgan fingerprint density at radius 3 is 2.75 bits per heavy atom. The minimum absolute atomic E-state index is 0.318. The molecule has 94 valence electrons. The van der Waals surface area contributed by atoms with Crippen LogP contribution in [0.2, 0.25) is 0 Å². The van der Waals surface area contributed by atoms with Gasteiger partial charge in [0.25, 0.3) is 0 Å². The van der Waals surface area contributed by atoms with Crippen LogP contribution in [-0.2, 0) is 9.47 Å². The Morgan fingerprint density at radius 1 is 1.12 bits per heavy atom. The summed E-state index contributed by atoms with van der Waals surface area (Å²) in [6.07, 6.45) is 5.24. The minimum atomic E-state index is 0.318. The lowest BCUT2D eigenvalue weighted by Gasteiger charge is -2.27. The van der Waals surface area contributed by atoms with E-state index in [4.69, 9.17) is 9.47 Å². The summed E-state index contributed by atoms with van der Waals surface area (Å²) in [5.41, 5.74) is 0. The van der Waals surface area contributed by atoms with Gasteiger partial charge in [-0.3, -0.25) is 10.2 Å². The predicted octanol–water partition coefficient (Wildman–Crippen LogP) is 0.825. The second kappa shape index (κ2) is 7.22. The highest BCUT2D eigenvalue weighted by Gasteiger charge is 2.13. The molecule has 4 nitrogen and oxygen atoms in total. The van der Waals surface area contributed by atoms with E-state index in [9.17, 15) is 0 Å². The van der Waals surface area contributed by atoms with E-state index in [2.05, 4.69) is 10.2 Å². The summed E-state index contributed by atoms with van der Waals surface area (Å²) >= 11 is 0. The van der Waals surface area contributed by atoms with Crippen LogP contribution in [0.1, 0.15) is 25.7 Å². The normalized spacial score (nSPS) is 28.1. The molecule has 0 spiro atoms. The summed E-state index contributed by atoms with van der Waals surface area (Å²) in [6, 6.07) is 0. The standard InChI is InChI=1S/C12H24N2O2/c1-2-9-16-12(4-1)13-5-3-6-14-7-10-15-11-8-14/h12-13H,1-11H2. The van der Waals surface area contributed by atoms with Crippen molar-refractivity contribution < 1.29 is 9.47 Å². The quantitative estimate of drug-likeness (QED) is 0.707. The van der Waals surface area contributed by atoms with E-state index in [0.29, 0.717) is 6.23 Å². The highest BCUT2D eigenvalue weighted by atomic mass is 16.5. The van der Waals surface area contributed by atoms with Gasteiger partial charge in [-0.05, 0) is 38.8 Å². The summed E-state index contributed by atoms with van der Waals surface area (Å²) < 4.78 is 10.9. The highest BCUT2D eigenvalue weighted by molar-refractivity contribution is 4.65. The third kappa shape index (κ3) is 4.37. The van der Waals surface area contributed by atoms with Gasteiger partial charge < -0.3 is 9.47 Å². The maximum atomic E-state index is 5.63. The molecular formula is C12H24N2O2. The summed E-state index contributed by atoms with van der Waals surface area (Å²) in [7, 11) is 0. The average molecular weight is 228 g/mol. The van der Waals surface area contributed by atoms with Crippen LogP contribution in [0, 0.1) is 0 Å². The van der Waals surface area contributed by atoms with Gasteiger partial charge in [0, 0.05) is 19.7 Å². The van der Waals surface area contributed by atoms with Crippen LogP contribution in [0.15, 0.2) is 0 Å². The van der Waals surface area contributed by atoms with Crippen molar-refractivity contribution in [3.8, 4) is 0 Å². The smallest absolute Gasteiger partial charge is 0.108 e. The van der Waals surface area contributed by atoms with Crippen LogP contribution < -0.4 is 5.32 Å². The monoisotopic (exact) mass is 228 g/mol. The van der Waals surface area contributed by atoms with Gasteiger partial charge >= 0.3 is 0 Å². The van der Waals surface area contributed by atoms with Gasteiger partial charge in [0.15, 0.2) is 0 Å². The Kier molecular flexibility index (Phi) is 5.55. The van der Waals surface area contributed by atoms with Crippen LogP contribution >= 0.6 is 0 Å². The first-order valence-corrected chi connectivity index (χ1v) is 6.60. The van der Waals surface area contributed by atoms with Crippen molar-refractivity contribution in [3.05, 3.63) is 0 Å². The second-order valence-electron chi connectivity index (χ2n) is 4.62. The lowest BCUT2D eigenvalue weighted by atomic mass is 10.2. The third-order valence-electron chi connectivity index (χ3n) is 3.31. The topological polar surface area (TPSA) is 33.7 Å². The molecule has 0 aromatic carbocycles. The molecule has 1 N–H and O–H groups in total. The molecule has 0 amide bonds. The maximum absolute atomic E-state index is 5.63. The molecule has 0 aromatic rings. The molecule has 2 heterocycles. The van der Waals surface area contributed by atoms with Gasteiger partial charge in [-0.1, -0.05) is 0 Å². The average Bonchev–Trinajstić information content (AvgIpc) is 2.37. The highest BCUT2D eigenvalue weighted by Crippen LogP contribution is 2.09. The Hall–Kier alpha value is -0.160. The Balaban J connectivity index is 1.47. The van der Waals surface area contributed by atoms with Crippen molar-refractivity contribution in [2.45, 2.75) is 31.9 Å². The van der Waals surface area contributed by atoms with Crippen molar-refractivity contribution >= 4 is 0 Å². The molecule has 0 bridgehead atoms.